The van der Waals surface area contributed by atoms with Gasteiger partial charge in [0.1, 0.15) is 11.9 Å². The molecular formula is C13H18N4O3. The molecule has 1 amide bonds. The van der Waals surface area contributed by atoms with Gasteiger partial charge >= 0.3 is 5.97 Å². The summed E-state index contributed by atoms with van der Waals surface area (Å²) < 4.78 is 0. The second-order valence-electron chi connectivity index (χ2n) is 5.08. The van der Waals surface area contributed by atoms with Gasteiger partial charge in [-0.3, -0.25) is 9.69 Å². The molecule has 108 valence electrons. The maximum absolute atomic E-state index is 11.1. The summed E-state index contributed by atoms with van der Waals surface area (Å²) in [7, 11) is 0. The lowest BCUT2D eigenvalue weighted by molar-refractivity contribution is -0.119. The number of hydrogen-bond donors (Lipinski definition) is 2. The molecule has 1 aromatic rings. The SMILES string of the molecule is NC(=O)CC1CCN(Cc2ncncc2C(=O)O)CC1. The normalized spacial score (nSPS) is 17.0. The Hall–Kier alpha value is -2.02. The predicted octanol–water partition coefficient (Wildman–Crippen LogP) is 0.262. The van der Waals surface area contributed by atoms with Gasteiger partial charge in [-0.2, -0.15) is 0 Å². The van der Waals surface area contributed by atoms with E-state index < -0.39 is 5.97 Å². The van der Waals surface area contributed by atoms with E-state index in [0.717, 1.165) is 25.9 Å². The van der Waals surface area contributed by atoms with Crippen molar-refractivity contribution < 1.29 is 14.7 Å². The first kappa shape index (κ1) is 14.4. The monoisotopic (exact) mass is 278 g/mol. The van der Waals surface area contributed by atoms with Crippen molar-refractivity contribution in [2.45, 2.75) is 25.8 Å². The first-order chi connectivity index (χ1) is 9.56. The van der Waals surface area contributed by atoms with Crippen molar-refractivity contribution in [3.05, 3.63) is 23.8 Å². The van der Waals surface area contributed by atoms with Crippen LogP contribution in [0.1, 0.15) is 35.3 Å². The van der Waals surface area contributed by atoms with E-state index in [-0.39, 0.29) is 11.5 Å². The van der Waals surface area contributed by atoms with Crippen LogP contribution in [-0.4, -0.2) is 44.9 Å². The zero-order chi connectivity index (χ0) is 14.5. The highest BCUT2D eigenvalue weighted by Crippen LogP contribution is 2.21. The number of likely N-dealkylation sites (tertiary alicyclic amines) is 1. The Bertz CT molecular complexity index is 498. The number of nitrogens with zero attached hydrogens (tertiary/aromatic N) is 3. The number of amides is 1. The summed E-state index contributed by atoms with van der Waals surface area (Å²) in [6.07, 6.45) is 4.92. The zero-order valence-corrected chi connectivity index (χ0v) is 11.2. The average molecular weight is 278 g/mol. The van der Waals surface area contributed by atoms with Crippen LogP contribution >= 0.6 is 0 Å². The predicted molar refractivity (Wildman–Crippen MR) is 70.8 cm³/mol. The maximum Gasteiger partial charge on any atom is 0.339 e. The van der Waals surface area contributed by atoms with Gasteiger partial charge < -0.3 is 10.8 Å². The number of carboxylic acid groups (broad SMARTS) is 1. The standard InChI is InChI=1S/C13H18N4O3/c14-12(18)5-9-1-3-17(4-2-9)7-11-10(13(19)20)6-15-8-16-11/h6,8-9H,1-5,7H2,(H2,14,18)(H,19,20). The van der Waals surface area contributed by atoms with E-state index in [9.17, 15) is 9.59 Å². The Morgan fingerprint density at radius 2 is 2.10 bits per heavy atom. The third kappa shape index (κ3) is 3.74. The maximum atomic E-state index is 11.1. The lowest BCUT2D eigenvalue weighted by atomic mass is 9.93. The molecule has 0 atom stereocenters. The number of piperidine rings is 1. The van der Waals surface area contributed by atoms with Gasteiger partial charge in [-0.15, -0.1) is 0 Å². The molecule has 0 aliphatic carbocycles. The van der Waals surface area contributed by atoms with Crippen molar-refractivity contribution in [1.82, 2.24) is 14.9 Å². The summed E-state index contributed by atoms with van der Waals surface area (Å²) in [4.78, 5) is 31.9. The Morgan fingerprint density at radius 1 is 1.40 bits per heavy atom. The van der Waals surface area contributed by atoms with Gasteiger partial charge in [0.25, 0.3) is 0 Å². The van der Waals surface area contributed by atoms with Crippen molar-refractivity contribution in [2.24, 2.45) is 11.7 Å². The molecule has 0 saturated carbocycles. The van der Waals surface area contributed by atoms with E-state index in [2.05, 4.69) is 14.9 Å². The van der Waals surface area contributed by atoms with Crippen molar-refractivity contribution in [1.29, 1.82) is 0 Å². The third-order valence-corrected chi connectivity index (χ3v) is 3.60. The fourth-order valence-electron chi connectivity index (χ4n) is 2.50. The van der Waals surface area contributed by atoms with Gasteiger partial charge in [-0.05, 0) is 31.8 Å². The van der Waals surface area contributed by atoms with Crippen molar-refractivity contribution in [2.75, 3.05) is 13.1 Å². The molecule has 1 saturated heterocycles. The van der Waals surface area contributed by atoms with E-state index in [1.807, 2.05) is 0 Å². The average Bonchev–Trinajstić information content (AvgIpc) is 2.41. The molecule has 0 spiro atoms. The molecule has 1 aliphatic heterocycles. The Morgan fingerprint density at radius 3 is 2.70 bits per heavy atom. The van der Waals surface area contributed by atoms with Crippen LogP contribution < -0.4 is 5.73 Å². The summed E-state index contributed by atoms with van der Waals surface area (Å²) in [5.41, 5.74) is 5.87. The topological polar surface area (TPSA) is 109 Å². The largest absolute Gasteiger partial charge is 0.478 e. The van der Waals surface area contributed by atoms with Gasteiger partial charge in [-0.25, -0.2) is 14.8 Å². The van der Waals surface area contributed by atoms with Crippen molar-refractivity contribution in [3.8, 4) is 0 Å². The second-order valence-corrected chi connectivity index (χ2v) is 5.08. The molecular weight excluding hydrogens is 260 g/mol. The van der Waals surface area contributed by atoms with Crippen molar-refractivity contribution in [3.63, 3.8) is 0 Å². The third-order valence-electron chi connectivity index (χ3n) is 3.60. The van der Waals surface area contributed by atoms with Crippen LogP contribution in [0.5, 0.6) is 0 Å². The Balaban J connectivity index is 1.93. The summed E-state index contributed by atoms with van der Waals surface area (Å²) in [5.74, 6) is -0.926. The van der Waals surface area contributed by atoms with E-state index in [1.54, 1.807) is 0 Å². The molecule has 2 rings (SSSR count). The first-order valence-corrected chi connectivity index (χ1v) is 6.59. The number of aromatic carboxylic acids is 1. The molecule has 1 aromatic heterocycles. The number of aromatic nitrogens is 2. The van der Waals surface area contributed by atoms with Crippen LogP contribution in [0.4, 0.5) is 0 Å². The number of rotatable bonds is 5. The molecule has 0 bridgehead atoms. The molecule has 0 aromatic carbocycles. The number of carboxylic acids is 1. The Labute approximate surface area is 116 Å². The Kier molecular flexibility index (Phi) is 4.62. The van der Waals surface area contributed by atoms with Crippen LogP contribution in [-0.2, 0) is 11.3 Å². The van der Waals surface area contributed by atoms with Gasteiger partial charge in [0, 0.05) is 19.2 Å². The van der Waals surface area contributed by atoms with Gasteiger partial charge in [-0.1, -0.05) is 0 Å². The number of hydrogen-bond acceptors (Lipinski definition) is 5. The summed E-state index contributed by atoms with van der Waals surface area (Å²) in [6, 6.07) is 0. The van der Waals surface area contributed by atoms with Gasteiger partial charge in [0.05, 0.1) is 5.69 Å². The number of carbonyl (C=O) groups excluding carboxylic acids is 1. The first-order valence-electron chi connectivity index (χ1n) is 6.59. The fraction of sp³-hybridized carbons (Fsp3) is 0.538. The van der Waals surface area contributed by atoms with Gasteiger partial charge in [0.2, 0.25) is 5.91 Å². The molecule has 2 heterocycles. The van der Waals surface area contributed by atoms with Crippen molar-refractivity contribution >= 4 is 11.9 Å². The minimum absolute atomic E-state index is 0.145. The highest BCUT2D eigenvalue weighted by molar-refractivity contribution is 5.88. The molecule has 7 heteroatoms. The van der Waals surface area contributed by atoms with Gasteiger partial charge in [0.15, 0.2) is 0 Å². The molecule has 1 aliphatic rings. The molecule has 3 N–H and O–H groups in total. The smallest absolute Gasteiger partial charge is 0.339 e. The van der Waals surface area contributed by atoms with E-state index in [4.69, 9.17) is 10.8 Å². The van der Waals surface area contributed by atoms with Crippen LogP contribution in [0, 0.1) is 5.92 Å². The fourth-order valence-corrected chi connectivity index (χ4v) is 2.50. The van der Waals surface area contributed by atoms with Crippen LogP contribution in [0.15, 0.2) is 12.5 Å². The van der Waals surface area contributed by atoms with E-state index >= 15 is 0 Å². The highest BCUT2D eigenvalue weighted by Gasteiger charge is 2.22. The minimum atomic E-state index is -1.01. The van der Waals surface area contributed by atoms with E-state index in [1.165, 1.54) is 12.5 Å². The van der Waals surface area contributed by atoms with Crippen LogP contribution in [0.2, 0.25) is 0 Å². The molecule has 7 nitrogen and oxygen atoms in total. The van der Waals surface area contributed by atoms with Crippen LogP contribution in [0.25, 0.3) is 0 Å². The molecule has 0 unspecified atom stereocenters. The summed E-state index contributed by atoms with van der Waals surface area (Å²) in [6.45, 7) is 2.13. The summed E-state index contributed by atoms with van der Waals surface area (Å²) in [5, 5.41) is 9.09. The second kappa shape index (κ2) is 6.42. The highest BCUT2D eigenvalue weighted by atomic mass is 16.4. The zero-order valence-electron chi connectivity index (χ0n) is 11.2. The minimum Gasteiger partial charge on any atom is -0.478 e. The number of carbonyl (C=O) groups is 2. The molecule has 20 heavy (non-hydrogen) atoms. The number of nitrogens with two attached hydrogens (primary N) is 1. The lowest BCUT2D eigenvalue weighted by Crippen LogP contribution is -2.35. The van der Waals surface area contributed by atoms with E-state index in [0.29, 0.717) is 24.6 Å². The lowest BCUT2D eigenvalue weighted by Gasteiger charge is -2.31. The van der Waals surface area contributed by atoms with Crippen LogP contribution in [0.3, 0.4) is 0 Å². The quantitative estimate of drug-likeness (QED) is 0.799. The molecule has 0 radical (unpaired) electrons. The summed E-state index contributed by atoms with van der Waals surface area (Å²) >= 11 is 0. The molecule has 1 fully saturated rings. The number of primary amides is 1.